The lowest BCUT2D eigenvalue weighted by atomic mass is 9.88. The van der Waals surface area contributed by atoms with Crippen LogP contribution in [-0.2, 0) is 11.3 Å². The minimum Gasteiger partial charge on any atom is -0.481 e. The third-order valence-electron chi connectivity index (χ3n) is 3.38. The SMILES string of the molecule is CC(C)C(CCNC(=O)NCc1cncs1)CCC(=O)O. The zero-order valence-corrected chi connectivity index (χ0v) is 13.3. The summed E-state index contributed by atoms with van der Waals surface area (Å²) in [4.78, 5) is 27.2. The molecule has 0 saturated heterocycles. The van der Waals surface area contributed by atoms with E-state index in [0.717, 1.165) is 11.3 Å². The summed E-state index contributed by atoms with van der Waals surface area (Å²) < 4.78 is 0. The normalized spacial score (nSPS) is 12.1. The third kappa shape index (κ3) is 7.65. The van der Waals surface area contributed by atoms with E-state index in [2.05, 4.69) is 29.5 Å². The first kappa shape index (κ1) is 17.4. The maximum Gasteiger partial charge on any atom is 0.315 e. The van der Waals surface area contributed by atoms with Crippen LogP contribution in [0, 0.1) is 11.8 Å². The van der Waals surface area contributed by atoms with Crippen molar-refractivity contribution < 1.29 is 14.7 Å². The first-order valence-corrected chi connectivity index (χ1v) is 7.98. The topological polar surface area (TPSA) is 91.3 Å². The Morgan fingerprint density at radius 1 is 1.33 bits per heavy atom. The van der Waals surface area contributed by atoms with Crippen LogP contribution in [0.4, 0.5) is 4.79 Å². The highest BCUT2D eigenvalue weighted by molar-refractivity contribution is 7.09. The number of urea groups is 1. The second-order valence-corrected chi connectivity index (χ2v) is 6.27. The summed E-state index contributed by atoms with van der Waals surface area (Å²) in [5, 5.41) is 14.3. The maximum atomic E-state index is 11.6. The highest BCUT2D eigenvalue weighted by Crippen LogP contribution is 2.20. The van der Waals surface area contributed by atoms with Crippen LogP contribution in [0.25, 0.3) is 0 Å². The molecule has 0 saturated carbocycles. The Morgan fingerprint density at radius 3 is 2.67 bits per heavy atom. The third-order valence-corrected chi connectivity index (χ3v) is 4.16. The van der Waals surface area contributed by atoms with Gasteiger partial charge in [0, 0.05) is 24.0 Å². The van der Waals surface area contributed by atoms with Crippen LogP contribution in [0.5, 0.6) is 0 Å². The van der Waals surface area contributed by atoms with Crippen LogP contribution in [0.3, 0.4) is 0 Å². The molecule has 0 aromatic carbocycles. The van der Waals surface area contributed by atoms with Crippen molar-refractivity contribution in [2.45, 2.75) is 39.7 Å². The Labute approximate surface area is 129 Å². The number of carbonyl (C=O) groups excluding carboxylic acids is 1. The molecule has 1 aromatic rings. The minimum atomic E-state index is -0.768. The Morgan fingerprint density at radius 2 is 2.10 bits per heavy atom. The van der Waals surface area contributed by atoms with Crippen LogP contribution >= 0.6 is 11.3 Å². The summed E-state index contributed by atoms with van der Waals surface area (Å²) in [6, 6.07) is -0.204. The lowest BCUT2D eigenvalue weighted by Gasteiger charge is -2.20. The molecule has 0 aliphatic rings. The van der Waals surface area contributed by atoms with E-state index in [-0.39, 0.29) is 12.5 Å². The number of aliphatic carboxylic acids is 1. The van der Waals surface area contributed by atoms with Crippen molar-refractivity contribution in [1.29, 1.82) is 0 Å². The Hall–Kier alpha value is -1.63. The molecule has 0 spiro atoms. The molecule has 0 fully saturated rings. The van der Waals surface area contributed by atoms with E-state index in [4.69, 9.17) is 5.11 Å². The number of carbonyl (C=O) groups is 2. The number of aromatic nitrogens is 1. The number of carboxylic acids is 1. The van der Waals surface area contributed by atoms with Gasteiger partial charge in [-0.15, -0.1) is 11.3 Å². The molecule has 0 aliphatic heterocycles. The van der Waals surface area contributed by atoms with Crippen molar-refractivity contribution in [2.24, 2.45) is 11.8 Å². The van der Waals surface area contributed by atoms with Crippen molar-refractivity contribution in [3.63, 3.8) is 0 Å². The molecule has 0 aliphatic carbocycles. The van der Waals surface area contributed by atoms with Gasteiger partial charge in [0.05, 0.1) is 12.1 Å². The fourth-order valence-corrected chi connectivity index (χ4v) is 2.58. The number of nitrogens with one attached hydrogen (secondary N) is 2. The summed E-state index contributed by atoms with van der Waals surface area (Å²) in [5.41, 5.74) is 1.73. The van der Waals surface area contributed by atoms with Gasteiger partial charge in [-0.25, -0.2) is 4.79 Å². The number of hydrogen-bond donors (Lipinski definition) is 3. The Kier molecular flexibility index (Phi) is 7.74. The van der Waals surface area contributed by atoms with E-state index in [1.165, 1.54) is 11.3 Å². The molecule has 2 amide bonds. The molecule has 7 heteroatoms. The summed E-state index contributed by atoms with van der Waals surface area (Å²) in [7, 11) is 0. The zero-order valence-electron chi connectivity index (χ0n) is 12.5. The Balaban J connectivity index is 2.20. The zero-order chi connectivity index (χ0) is 15.7. The molecule has 1 rings (SSSR count). The van der Waals surface area contributed by atoms with Gasteiger partial charge < -0.3 is 15.7 Å². The van der Waals surface area contributed by atoms with Crippen molar-refractivity contribution in [1.82, 2.24) is 15.6 Å². The number of nitrogens with zero attached hydrogens (tertiary/aromatic N) is 1. The summed E-state index contributed by atoms with van der Waals surface area (Å²) >= 11 is 1.50. The largest absolute Gasteiger partial charge is 0.481 e. The fraction of sp³-hybridized carbons (Fsp3) is 0.643. The first-order valence-electron chi connectivity index (χ1n) is 7.10. The number of hydrogen-bond acceptors (Lipinski definition) is 4. The van der Waals surface area contributed by atoms with Gasteiger partial charge in [0.15, 0.2) is 0 Å². The van der Waals surface area contributed by atoms with Gasteiger partial charge in [0.2, 0.25) is 0 Å². The van der Waals surface area contributed by atoms with Crippen LogP contribution in [0.2, 0.25) is 0 Å². The summed E-state index contributed by atoms with van der Waals surface area (Å²) in [6.45, 7) is 5.19. The van der Waals surface area contributed by atoms with Crippen molar-refractivity contribution >= 4 is 23.3 Å². The van der Waals surface area contributed by atoms with Crippen molar-refractivity contribution in [3.8, 4) is 0 Å². The van der Waals surface area contributed by atoms with Crippen LogP contribution < -0.4 is 10.6 Å². The van der Waals surface area contributed by atoms with Crippen LogP contribution in [0.1, 0.15) is 38.0 Å². The van der Waals surface area contributed by atoms with Gasteiger partial charge in [-0.2, -0.15) is 0 Å². The molecule has 21 heavy (non-hydrogen) atoms. The second-order valence-electron chi connectivity index (χ2n) is 5.30. The number of amides is 2. The highest BCUT2D eigenvalue weighted by atomic mass is 32.1. The lowest BCUT2D eigenvalue weighted by Crippen LogP contribution is -2.36. The van der Waals surface area contributed by atoms with E-state index in [1.54, 1.807) is 11.7 Å². The number of rotatable bonds is 9. The van der Waals surface area contributed by atoms with Gasteiger partial charge in [0.1, 0.15) is 0 Å². The summed E-state index contributed by atoms with van der Waals surface area (Å²) in [5.74, 6) is -0.0507. The molecule has 1 atom stereocenters. The van der Waals surface area contributed by atoms with E-state index in [9.17, 15) is 9.59 Å². The standard InChI is InChI=1S/C14H23N3O3S/c1-10(2)11(3-4-13(18)19)5-6-16-14(20)17-8-12-7-15-9-21-12/h7,9-11H,3-6,8H2,1-2H3,(H,18,19)(H2,16,17,20). The van der Waals surface area contributed by atoms with Crippen LogP contribution in [0.15, 0.2) is 11.7 Å². The van der Waals surface area contributed by atoms with E-state index >= 15 is 0 Å². The van der Waals surface area contributed by atoms with Crippen molar-refractivity contribution in [2.75, 3.05) is 6.54 Å². The maximum absolute atomic E-state index is 11.6. The average Bonchev–Trinajstić information content (AvgIpc) is 2.92. The van der Waals surface area contributed by atoms with Crippen LogP contribution in [-0.4, -0.2) is 28.6 Å². The van der Waals surface area contributed by atoms with Crippen molar-refractivity contribution in [3.05, 3.63) is 16.6 Å². The molecule has 3 N–H and O–H groups in total. The molecular weight excluding hydrogens is 290 g/mol. The average molecular weight is 313 g/mol. The molecule has 0 bridgehead atoms. The van der Waals surface area contributed by atoms with E-state index in [0.29, 0.717) is 31.3 Å². The second kappa shape index (κ2) is 9.33. The van der Waals surface area contributed by atoms with E-state index < -0.39 is 5.97 Å². The fourth-order valence-electron chi connectivity index (χ4n) is 2.05. The molecule has 6 nitrogen and oxygen atoms in total. The molecule has 1 unspecified atom stereocenters. The highest BCUT2D eigenvalue weighted by Gasteiger charge is 2.15. The van der Waals surface area contributed by atoms with Gasteiger partial charge in [-0.1, -0.05) is 13.8 Å². The molecule has 0 radical (unpaired) electrons. The number of carboxylic acid groups (broad SMARTS) is 1. The predicted octanol–water partition coefficient (Wildman–Crippen LogP) is 2.47. The first-order chi connectivity index (χ1) is 9.99. The quantitative estimate of drug-likeness (QED) is 0.653. The lowest BCUT2D eigenvalue weighted by molar-refractivity contribution is -0.137. The van der Waals surface area contributed by atoms with E-state index in [1.807, 2.05) is 0 Å². The van der Waals surface area contributed by atoms with Gasteiger partial charge >= 0.3 is 12.0 Å². The van der Waals surface area contributed by atoms with Gasteiger partial charge in [0.25, 0.3) is 0 Å². The number of thiazole rings is 1. The smallest absolute Gasteiger partial charge is 0.315 e. The Bertz CT molecular complexity index is 435. The molecule has 1 heterocycles. The molecule has 118 valence electrons. The minimum absolute atomic E-state index is 0.181. The molecule has 1 aromatic heterocycles. The molecular formula is C14H23N3O3S. The van der Waals surface area contributed by atoms with Gasteiger partial charge in [-0.3, -0.25) is 9.78 Å². The summed E-state index contributed by atoms with van der Waals surface area (Å²) in [6.07, 6.45) is 3.35. The van der Waals surface area contributed by atoms with Gasteiger partial charge in [-0.05, 0) is 24.7 Å². The monoisotopic (exact) mass is 313 g/mol. The predicted molar refractivity (Wildman–Crippen MR) is 82.2 cm³/mol.